The largest absolute Gasteiger partial charge is 0.289 e. The van der Waals surface area contributed by atoms with E-state index in [9.17, 15) is 9.18 Å². The van der Waals surface area contributed by atoms with Crippen molar-refractivity contribution in [3.63, 3.8) is 0 Å². The third-order valence-corrected chi connectivity index (χ3v) is 1.54. The number of halogens is 1. The van der Waals surface area contributed by atoms with E-state index in [0.29, 0.717) is 0 Å². The van der Waals surface area contributed by atoms with Crippen LogP contribution in [0.4, 0.5) is 4.39 Å². The highest BCUT2D eigenvalue weighted by molar-refractivity contribution is 6.04. The smallest absolute Gasteiger partial charge is 0.188 e. The highest BCUT2D eigenvalue weighted by atomic mass is 19.1. The standard InChI is InChI=1S/C10H10FNO/c1-2-3-4-10(13)8-5-6-12-7-9(8)11/h3-7H,2H2,1H3/b4-3+. The molecule has 1 heterocycles. The van der Waals surface area contributed by atoms with Gasteiger partial charge in [-0.25, -0.2) is 4.39 Å². The average Bonchev–Trinajstić information content (AvgIpc) is 2.15. The molecule has 13 heavy (non-hydrogen) atoms. The Morgan fingerprint density at radius 3 is 3.08 bits per heavy atom. The molecule has 68 valence electrons. The first-order valence-corrected chi connectivity index (χ1v) is 4.06. The third-order valence-electron chi connectivity index (χ3n) is 1.54. The molecule has 0 N–H and O–H groups in total. The van der Waals surface area contributed by atoms with Crippen molar-refractivity contribution < 1.29 is 9.18 Å². The first kappa shape index (κ1) is 9.58. The minimum absolute atomic E-state index is 0.0692. The van der Waals surface area contributed by atoms with Gasteiger partial charge in [-0.2, -0.15) is 0 Å². The summed E-state index contributed by atoms with van der Waals surface area (Å²) in [6, 6.07) is 1.37. The van der Waals surface area contributed by atoms with Crippen molar-refractivity contribution in [2.45, 2.75) is 13.3 Å². The second-order valence-electron chi connectivity index (χ2n) is 2.53. The summed E-state index contributed by atoms with van der Waals surface area (Å²) in [7, 11) is 0. The Morgan fingerprint density at radius 2 is 2.46 bits per heavy atom. The average molecular weight is 179 g/mol. The summed E-state index contributed by atoms with van der Waals surface area (Å²) in [6.07, 6.45) is 6.27. The maximum absolute atomic E-state index is 13.0. The minimum atomic E-state index is -0.576. The molecule has 3 heteroatoms. The predicted octanol–water partition coefficient (Wildman–Crippen LogP) is 2.37. The molecule has 1 rings (SSSR count). The van der Waals surface area contributed by atoms with Crippen LogP contribution in [0, 0.1) is 5.82 Å². The summed E-state index contributed by atoms with van der Waals surface area (Å²) in [5, 5.41) is 0. The van der Waals surface area contributed by atoms with Gasteiger partial charge in [-0.15, -0.1) is 0 Å². The zero-order valence-electron chi connectivity index (χ0n) is 7.33. The van der Waals surface area contributed by atoms with Gasteiger partial charge in [0.1, 0.15) is 0 Å². The van der Waals surface area contributed by atoms with E-state index >= 15 is 0 Å². The maximum Gasteiger partial charge on any atom is 0.188 e. The van der Waals surface area contributed by atoms with E-state index in [4.69, 9.17) is 0 Å². The molecule has 0 fully saturated rings. The van der Waals surface area contributed by atoms with Crippen molar-refractivity contribution in [2.75, 3.05) is 0 Å². The van der Waals surface area contributed by atoms with Crippen LogP contribution in [0.5, 0.6) is 0 Å². The molecule has 0 aromatic carbocycles. The molecule has 0 saturated carbocycles. The molecular weight excluding hydrogens is 169 g/mol. The van der Waals surface area contributed by atoms with E-state index in [0.717, 1.165) is 12.6 Å². The number of rotatable bonds is 3. The normalized spacial score (nSPS) is 10.6. The van der Waals surface area contributed by atoms with Gasteiger partial charge in [0.05, 0.1) is 11.8 Å². The van der Waals surface area contributed by atoms with Gasteiger partial charge >= 0.3 is 0 Å². The summed E-state index contributed by atoms with van der Waals surface area (Å²) in [5.74, 6) is -0.894. The van der Waals surface area contributed by atoms with Crippen LogP contribution in [-0.2, 0) is 0 Å². The molecule has 0 unspecified atom stereocenters. The highest BCUT2D eigenvalue weighted by Gasteiger charge is 2.06. The summed E-state index contributed by atoms with van der Waals surface area (Å²) < 4.78 is 13.0. The first-order valence-electron chi connectivity index (χ1n) is 4.06. The molecule has 0 radical (unpaired) electrons. The van der Waals surface area contributed by atoms with Gasteiger partial charge in [-0.05, 0) is 18.6 Å². The molecule has 0 atom stereocenters. The maximum atomic E-state index is 13.0. The SMILES string of the molecule is CC/C=C/C(=O)c1ccncc1F. The van der Waals surface area contributed by atoms with E-state index in [-0.39, 0.29) is 11.3 Å². The van der Waals surface area contributed by atoms with Crippen LogP contribution in [0.15, 0.2) is 30.6 Å². The van der Waals surface area contributed by atoms with E-state index in [1.54, 1.807) is 6.08 Å². The number of hydrogen-bond donors (Lipinski definition) is 0. The number of ketones is 1. The van der Waals surface area contributed by atoms with Crippen molar-refractivity contribution in [1.29, 1.82) is 0 Å². The van der Waals surface area contributed by atoms with Gasteiger partial charge in [-0.3, -0.25) is 9.78 Å². The lowest BCUT2D eigenvalue weighted by Gasteiger charge is -1.95. The van der Waals surface area contributed by atoms with Crippen molar-refractivity contribution in [3.05, 3.63) is 42.0 Å². The van der Waals surface area contributed by atoms with Gasteiger partial charge in [-0.1, -0.05) is 13.0 Å². The lowest BCUT2D eigenvalue weighted by Crippen LogP contribution is -1.98. The fraction of sp³-hybridized carbons (Fsp3) is 0.200. The Bertz CT molecular complexity index is 333. The first-order chi connectivity index (χ1) is 6.25. The van der Waals surface area contributed by atoms with Crippen molar-refractivity contribution >= 4 is 5.78 Å². The molecule has 0 aliphatic carbocycles. The topological polar surface area (TPSA) is 30.0 Å². The number of carbonyl (C=O) groups excluding carboxylic acids is 1. The van der Waals surface area contributed by atoms with Crippen molar-refractivity contribution in [1.82, 2.24) is 4.98 Å². The number of pyridine rings is 1. The van der Waals surface area contributed by atoms with Gasteiger partial charge in [0, 0.05) is 6.20 Å². The van der Waals surface area contributed by atoms with Gasteiger partial charge < -0.3 is 0 Å². The molecule has 0 aliphatic heterocycles. The second-order valence-corrected chi connectivity index (χ2v) is 2.53. The van der Waals surface area contributed by atoms with Crippen molar-refractivity contribution in [2.24, 2.45) is 0 Å². The van der Waals surface area contributed by atoms with Crippen molar-refractivity contribution in [3.8, 4) is 0 Å². The highest BCUT2D eigenvalue weighted by Crippen LogP contribution is 2.06. The molecular formula is C10H10FNO. The zero-order valence-corrected chi connectivity index (χ0v) is 7.33. The number of nitrogens with zero attached hydrogens (tertiary/aromatic N) is 1. The van der Waals surface area contributed by atoms with E-state index < -0.39 is 5.82 Å². The zero-order chi connectivity index (χ0) is 9.68. The van der Waals surface area contributed by atoms with Gasteiger partial charge in [0.15, 0.2) is 11.6 Å². The molecule has 0 bridgehead atoms. The predicted molar refractivity (Wildman–Crippen MR) is 48.0 cm³/mol. The lowest BCUT2D eigenvalue weighted by molar-refractivity contribution is 0.104. The van der Waals surface area contributed by atoms with Crippen LogP contribution in [0.3, 0.4) is 0 Å². The van der Waals surface area contributed by atoms with E-state index in [2.05, 4.69) is 4.98 Å². The van der Waals surface area contributed by atoms with E-state index in [1.165, 1.54) is 18.3 Å². The molecule has 1 aromatic heterocycles. The molecule has 0 aliphatic rings. The fourth-order valence-electron chi connectivity index (χ4n) is 0.890. The van der Waals surface area contributed by atoms with E-state index in [1.807, 2.05) is 6.92 Å². The molecule has 0 amide bonds. The second kappa shape index (κ2) is 4.50. The van der Waals surface area contributed by atoms with Crippen LogP contribution in [0.1, 0.15) is 23.7 Å². The van der Waals surface area contributed by atoms with Crippen LogP contribution in [0.25, 0.3) is 0 Å². The number of carbonyl (C=O) groups is 1. The molecule has 0 saturated heterocycles. The molecule has 2 nitrogen and oxygen atoms in total. The summed E-state index contributed by atoms with van der Waals surface area (Å²) in [4.78, 5) is 14.8. The molecule has 1 aromatic rings. The Kier molecular flexibility index (Phi) is 3.31. The van der Waals surface area contributed by atoms with Crippen LogP contribution < -0.4 is 0 Å². The lowest BCUT2D eigenvalue weighted by atomic mass is 10.1. The Hall–Kier alpha value is -1.51. The van der Waals surface area contributed by atoms with Gasteiger partial charge in [0.25, 0.3) is 0 Å². The minimum Gasteiger partial charge on any atom is -0.289 e. The fourth-order valence-corrected chi connectivity index (χ4v) is 0.890. The van der Waals surface area contributed by atoms with Crippen LogP contribution >= 0.6 is 0 Å². The summed E-state index contributed by atoms with van der Waals surface area (Å²) in [5.41, 5.74) is 0.0692. The monoisotopic (exact) mass is 179 g/mol. The Labute approximate surface area is 76.1 Å². The Morgan fingerprint density at radius 1 is 1.69 bits per heavy atom. The number of hydrogen-bond acceptors (Lipinski definition) is 2. The van der Waals surface area contributed by atoms with Gasteiger partial charge in [0.2, 0.25) is 0 Å². The molecule has 0 spiro atoms. The number of aromatic nitrogens is 1. The van der Waals surface area contributed by atoms with Crippen LogP contribution in [-0.4, -0.2) is 10.8 Å². The van der Waals surface area contributed by atoms with Crippen LogP contribution in [0.2, 0.25) is 0 Å². The summed E-state index contributed by atoms with van der Waals surface area (Å²) >= 11 is 0. The Balaban J connectivity index is 2.89. The third kappa shape index (κ3) is 2.47. The summed E-state index contributed by atoms with van der Waals surface area (Å²) in [6.45, 7) is 1.91. The number of allylic oxidation sites excluding steroid dienone is 2. The quantitative estimate of drug-likeness (QED) is 0.526.